The van der Waals surface area contributed by atoms with E-state index in [1.54, 1.807) is 0 Å². The zero-order valence-corrected chi connectivity index (χ0v) is 9.39. The van der Waals surface area contributed by atoms with Gasteiger partial charge in [-0.2, -0.15) is 0 Å². The third-order valence-corrected chi connectivity index (χ3v) is 5.10. The van der Waals surface area contributed by atoms with Gasteiger partial charge in [-0.05, 0) is 19.9 Å². The van der Waals surface area contributed by atoms with Crippen LogP contribution in [0.25, 0.3) is 0 Å². The Hall–Kier alpha value is -0.130. The molecule has 82 valence electrons. The summed E-state index contributed by atoms with van der Waals surface area (Å²) in [4.78, 5) is 2.33. The molecule has 2 unspecified atom stereocenters. The van der Waals surface area contributed by atoms with Crippen LogP contribution in [0, 0.1) is 0 Å². The molecule has 4 nitrogen and oxygen atoms in total. The van der Waals surface area contributed by atoms with Crippen molar-refractivity contribution in [1.29, 1.82) is 0 Å². The first-order valence-electron chi connectivity index (χ1n) is 5.22. The summed E-state index contributed by atoms with van der Waals surface area (Å²) in [7, 11) is -0.747. The highest BCUT2D eigenvalue weighted by molar-refractivity contribution is 7.91. The molecular formula is C9H18N2O2S. The lowest BCUT2D eigenvalue weighted by atomic mass is 10.2. The van der Waals surface area contributed by atoms with Gasteiger partial charge in [0.25, 0.3) is 0 Å². The van der Waals surface area contributed by atoms with E-state index in [1.165, 1.54) is 0 Å². The van der Waals surface area contributed by atoms with Crippen LogP contribution in [-0.2, 0) is 9.84 Å². The van der Waals surface area contributed by atoms with Gasteiger partial charge >= 0.3 is 0 Å². The largest absolute Gasteiger partial charge is 0.316 e. The van der Waals surface area contributed by atoms with Gasteiger partial charge in [0.2, 0.25) is 0 Å². The lowest BCUT2D eigenvalue weighted by Gasteiger charge is -2.22. The van der Waals surface area contributed by atoms with Gasteiger partial charge in [-0.15, -0.1) is 0 Å². The number of nitrogens with one attached hydrogen (secondary N) is 1. The number of likely N-dealkylation sites (N-methyl/N-ethyl adjacent to an activating group) is 1. The van der Waals surface area contributed by atoms with Crippen molar-refractivity contribution >= 4 is 9.84 Å². The second-order valence-corrected chi connectivity index (χ2v) is 6.55. The van der Waals surface area contributed by atoms with Crippen LogP contribution in [0.15, 0.2) is 0 Å². The number of nitrogens with zero attached hydrogens (tertiary/aromatic N) is 1. The van der Waals surface area contributed by atoms with Crippen LogP contribution in [-0.4, -0.2) is 57.0 Å². The molecule has 2 atom stereocenters. The average Bonchev–Trinajstić information content (AvgIpc) is 2.70. The highest BCUT2D eigenvalue weighted by Crippen LogP contribution is 2.21. The van der Waals surface area contributed by atoms with E-state index in [-0.39, 0.29) is 0 Å². The Bertz CT molecular complexity index is 302. The summed E-state index contributed by atoms with van der Waals surface area (Å²) in [6, 6.07) is 0.844. The summed E-state index contributed by atoms with van der Waals surface area (Å²) in [5, 5.41) is 3.25. The topological polar surface area (TPSA) is 49.4 Å². The van der Waals surface area contributed by atoms with Gasteiger partial charge in [-0.3, -0.25) is 4.90 Å². The van der Waals surface area contributed by atoms with Crippen LogP contribution in [0.1, 0.15) is 12.8 Å². The SMILES string of the molecule is CNC1CCN(C2CCS(=O)(=O)C2)C1. The van der Waals surface area contributed by atoms with Crippen molar-refractivity contribution in [3.05, 3.63) is 0 Å². The van der Waals surface area contributed by atoms with E-state index in [0.717, 1.165) is 25.9 Å². The molecule has 0 saturated carbocycles. The molecule has 2 saturated heterocycles. The van der Waals surface area contributed by atoms with E-state index in [1.807, 2.05) is 7.05 Å². The Balaban J connectivity index is 1.92. The minimum Gasteiger partial charge on any atom is -0.316 e. The molecular weight excluding hydrogens is 200 g/mol. The molecule has 0 aromatic rings. The van der Waals surface area contributed by atoms with Gasteiger partial charge in [0.15, 0.2) is 9.84 Å². The molecule has 0 amide bonds. The molecule has 5 heteroatoms. The van der Waals surface area contributed by atoms with E-state index < -0.39 is 9.84 Å². The van der Waals surface area contributed by atoms with Gasteiger partial charge in [0.1, 0.15) is 0 Å². The summed E-state index contributed by atoms with van der Waals surface area (Å²) in [6.45, 7) is 2.06. The van der Waals surface area contributed by atoms with Crippen LogP contribution in [0.5, 0.6) is 0 Å². The molecule has 2 aliphatic rings. The van der Waals surface area contributed by atoms with E-state index in [2.05, 4.69) is 10.2 Å². The minimum atomic E-state index is -2.72. The molecule has 0 bridgehead atoms. The van der Waals surface area contributed by atoms with Crippen molar-refractivity contribution in [2.75, 3.05) is 31.6 Å². The third-order valence-electron chi connectivity index (χ3n) is 3.35. The Morgan fingerprint density at radius 3 is 2.64 bits per heavy atom. The fraction of sp³-hybridized carbons (Fsp3) is 1.00. The van der Waals surface area contributed by atoms with Crippen LogP contribution in [0.3, 0.4) is 0 Å². The smallest absolute Gasteiger partial charge is 0.151 e. The third kappa shape index (κ3) is 2.10. The molecule has 0 aromatic carbocycles. The van der Waals surface area contributed by atoms with Crippen molar-refractivity contribution in [2.45, 2.75) is 24.9 Å². The second kappa shape index (κ2) is 3.79. The summed E-state index contributed by atoms with van der Waals surface area (Å²) in [6.07, 6.45) is 1.98. The van der Waals surface area contributed by atoms with Crippen molar-refractivity contribution in [2.24, 2.45) is 0 Å². The second-order valence-electron chi connectivity index (χ2n) is 4.33. The first-order chi connectivity index (χ1) is 6.61. The van der Waals surface area contributed by atoms with Gasteiger partial charge in [-0.1, -0.05) is 0 Å². The summed E-state index contributed by atoms with van der Waals surface area (Å²) < 4.78 is 22.6. The standard InChI is InChI=1S/C9H18N2O2S/c1-10-8-2-4-11(6-8)9-3-5-14(12,13)7-9/h8-10H,2-7H2,1H3. The van der Waals surface area contributed by atoms with Crippen LogP contribution in [0.2, 0.25) is 0 Å². The first-order valence-corrected chi connectivity index (χ1v) is 7.04. The maximum Gasteiger partial charge on any atom is 0.151 e. The predicted molar refractivity (Wildman–Crippen MR) is 56.1 cm³/mol. The Labute approximate surface area is 85.6 Å². The Morgan fingerprint density at radius 1 is 1.36 bits per heavy atom. The van der Waals surface area contributed by atoms with E-state index in [9.17, 15) is 8.42 Å². The van der Waals surface area contributed by atoms with Crippen LogP contribution >= 0.6 is 0 Å². The minimum absolute atomic E-state index is 0.290. The molecule has 2 aliphatic heterocycles. The molecule has 2 heterocycles. The zero-order valence-electron chi connectivity index (χ0n) is 8.57. The highest BCUT2D eigenvalue weighted by Gasteiger charge is 2.35. The summed E-state index contributed by atoms with van der Waals surface area (Å²) >= 11 is 0. The number of rotatable bonds is 2. The molecule has 2 fully saturated rings. The fourth-order valence-corrected chi connectivity index (χ4v) is 4.18. The quantitative estimate of drug-likeness (QED) is 0.677. The normalized spacial score (nSPS) is 37.8. The average molecular weight is 218 g/mol. The van der Waals surface area contributed by atoms with Crippen LogP contribution in [0.4, 0.5) is 0 Å². The maximum atomic E-state index is 11.3. The zero-order chi connectivity index (χ0) is 10.2. The van der Waals surface area contributed by atoms with Gasteiger partial charge in [0, 0.05) is 25.2 Å². The lowest BCUT2D eigenvalue weighted by molar-refractivity contribution is 0.257. The van der Waals surface area contributed by atoms with E-state index in [4.69, 9.17) is 0 Å². The first kappa shape index (κ1) is 10.4. The monoisotopic (exact) mass is 218 g/mol. The summed E-state index contributed by atoms with van der Waals surface area (Å²) in [5.41, 5.74) is 0. The molecule has 0 aromatic heterocycles. The van der Waals surface area contributed by atoms with E-state index >= 15 is 0 Å². The number of hydrogen-bond donors (Lipinski definition) is 1. The number of likely N-dealkylation sites (tertiary alicyclic amines) is 1. The van der Waals surface area contributed by atoms with Crippen molar-refractivity contribution < 1.29 is 8.42 Å². The van der Waals surface area contributed by atoms with E-state index in [0.29, 0.717) is 23.6 Å². The number of hydrogen-bond acceptors (Lipinski definition) is 4. The molecule has 1 N–H and O–H groups in total. The molecule has 0 radical (unpaired) electrons. The molecule has 2 rings (SSSR count). The van der Waals surface area contributed by atoms with Crippen LogP contribution < -0.4 is 5.32 Å². The fourth-order valence-electron chi connectivity index (χ4n) is 2.42. The Kier molecular flexibility index (Phi) is 2.81. The molecule has 0 spiro atoms. The number of sulfone groups is 1. The van der Waals surface area contributed by atoms with Crippen molar-refractivity contribution in [1.82, 2.24) is 10.2 Å². The lowest BCUT2D eigenvalue weighted by Crippen LogP contribution is -2.37. The van der Waals surface area contributed by atoms with Crippen molar-refractivity contribution in [3.8, 4) is 0 Å². The van der Waals surface area contributed by atoms with Gasteiger partial charge in [0.05, 0.1) is 11.5 Å². The predicted octanol–water partition coefficient (Wildman–Crippen LogP) is -0.533. The maximum absolute atomic E-state index is 11.3. The van der Waals surface area contributed by atoms with Gasteiger partial charge in [-0.25, -0.2) is 8.42 Å². The van der Waals surface area contributed by atoms with Crippen molar-refractivity contribution in [3.63, 3.8) is 0 Å². The highest BCUT2D eigenvalue weighted by atomic mass is 32.2. The molecule has 0 aliphatic carbocycles. The molecule has 14 heavy (non-hydrogen) atoms. The summed E-state index contributed by atoms with van der Waals surface area (Å²) in [5.74, 6) is 0.766. The van der Waals surface area contributed by atoms with Gasteiger partial charge < -0.3 is 5.32 Å². The Morgan fingerprint density at radius 2 is 2.14 bits per heavy atom.